The highest BCUT2D eigenvalue weighted by atomic mass is 32.2. The molecule has 112 valence electrons. The van der Waals surface area contributed by atoms with Crippen LogP contribution in [0.2, 0.25) is 0 Å². The minimum absolute atomic E-state index is 0.129. The van der Waals surface area contributed by atoms with Crippen molar-refractivity contribution in [3.63, 3.8) is 0 Å². The van der Waals surface area contributed by atoms with Gasteiger partial charge in [-0.15, -0.1) is 0 Å². The Labute approximate surface area is 126 Å². The maximum Gasteiger partial charge on any atom is 0.343 e. The molecule has 2 aromatic heterocycles. The van der Waals surface area contributed by atoms with Crippen molar-refractivity contribution in [2.75, 3.05) is 12.3 Å². The second-order valence-corrected chi connectivity index (χ2v) is 5.03. The van der Waals surface area contributed by atoms with E-state index in [1.165, 1.54) is 18.0 Å². The fourth-order valence-electron chi connectivity index (χ4n) is 1.71. The van der Waals surface area contributed by atoms with Crippen LogP contribution < -0.4 is 5.73 Å². The predicted octanol–water partition coefficient (Wildman–Crippen LogP) is 1.74. The summed E-state index contributed by atoms with van der Waals surface area (Å²) in [5, 5.41) is 0.506. The molecule has 0 bridgehead atoms. The number of anilines is 1. The minimum Gasteiger partial charge on any atom is -0.462 e. The second-order valence-electron chi connectivity index (χ2n) is 4.09. The highest BCUT2D eigenvalue weighted by molar-refractivity contribution is 7.98. The van der Waals surface area contributed by atoms with Gasteiger partial charge < -0.3 is 15.0 Å². The Kier molecular flexibility index (Phi) is 5.15. The molecule has 0 atom stereocenters. The summed E-state index contributed by atoms with van der Waals surface area (Å²) in [6, 6.07) is 0. The molecule has 0 saturated heterocycles. The summed E-state index contributed by atoms with van der Waals surface area (Å²) >= 11 is 1.42. The number of nitrogen functional groups attached to an aromatic ring is 1. The predicted molar refractivity (Wildman–Crippen MR) is 79.9 cm³/mol. The first-order valence-electron chi connectivity index (χ1n) is 6.58. The molecular weight excluding hydrogens is 290 g/mol. The van der Waals surface area contributed by atoms with Crippen LogP contribution >= 0.6 is 11.8 Å². The number of hydrogen-bond donors (Lipinski definition) is 1. The van der Waals surface area contributed by atoms with Gasteiger partial charge in [0.2, 0.25) is 0 Å². The van der Waals surface area contributed by atoms with Crippen LogP contribution in [0, 0.1) is 0 Å². The fraction of sp³-hybridized carbons (Fsp3) is 0.385. The van der Waals surface area contributed by atoms with E-state index in [2.05, 4.69) is 21.9 Å². The number of nitrogens with zero attached hydrogens (tertiary/aromatic N) is 4. The van der Waals surface area contributed by atoms with E-state index in [-0.39, 0.29) is 18.0 Å². The number of carbonyl (C=O) groups excluding carboxylic acids is 1. The van der Waals surface area contributed by atoms with Crippen LogP contribution in [0.4, 0.5) is 5.82 Å². The Morgan fingerprint density at radius 3 is 2.90 bits per heavy atom. The molecule has 2 N–H and O–H groups in total. The zero-order valence-corrected chi connectivity index (χ0v) is 12.8. The molecule has 0 aliphatic carbocycles. The number of hydrogen-bond acceptors (Lipinski definition) is 7. The van der Waals surface area contributed by atoms with Crippen LogP contribution in [0.15, 0.2) is 23.7 Å². The smallest absolute Gasteiger partial charge is 0.343 e. The molecule has 0 radical (unpaired) electrons. The quantitative estimate of drug-likeness (QED) is 0.493. The molecule has 21 heavy (non-hydrogen) atoms. The number of thioether (sulfide) groups is 1. The Hall–Kier alpha value is -2.09. The molecule has 8 heteroatoms. The van der Waals surface area contributed by atoms with Gasteiger partial charge in [-0.1, -0.05) is 11.8 Å². The number of ether oxygens (including phenoxy) is 1. The van der Waals surface area contributed by atoms with E-state index in [1.54, 1.807) is 13.1 Å². The largest absolute Gasteiger partial charge is 0.462 e. The Morgan fingerprint density at radius 1 is 1.43 bits per heavy atom. The lowest BCUT2D eigenvalue weighted by Crippen LogP contribution is -2.10. The lowest BCUT2D eigenvalue weighted by molar-refractivity contribution is 0.0526. The van der Waals surface area contributed by atoms with E-state index in [0.717, 1.165) is 12.4 Å². The van der Waals surface area contributed by atoms with Crippen molar-refractivity contribution in [1.82, 2.24) is 19.5 Å². The van der Waals surface area contributed by atoms with E-state index >= 15 is 0 Å². The zero-order valence-electron chi connectivity index (χ0n) is 11.9. The lowest BCUT2D eigenvalue weighted by Gasteiger charge is -2.06. The number of aryl methyl sites for hydroxylation is 1. The molecule has 0 aromatic carbocycles. The first-order valence-corrected chi connectivity index (χ1v) is 7.56. The van der Waals surface area contributed by atoms with Crippen molar-refractivity contribution in [2.45, 2.75) is 31.3 Å². The first kappa shape index (κ1) is 15.3. The molecule has 2 rings (SSSR count). The lowest BCUT2D eigenvalue weighted by atomic mass is 10.3. The highest BCUT2D eigenvalue weighted by Gasteiger charge is 2.14. The van der Waals surface area contributed by atoms with Crippen molar-refractivity contribution in [1.29, 1.82) is 0 Å². The summed E-state index contributed by atoms with van der Waals surface area (Å²) in [6.07, 6.45) is 5.09. The third-order valence-electron chi connectivity index (χ3n) is 2.76. The molecule has 2 heterocycles. The topological polar surface area (TPSA) is 95.9 Å². The SMILES string of the molecule is CCOC(=O)c1cnc(SCc2nccn2CC)nc1N. The molecule has 0 aliphatic rings. The van der Waals surface area contributed by atoms with Crippen molar-refractivity contribution >= 4 is 23.5 Å². The molecule has 7 nitrogen and oxygen atoms in total. The van der Waals surface area contributed by atoms with Crippen molar-refractivity contribution in [2.24, 2.45) is 0 Å². The van der Waals surface area contributed by atoms with Crippen LogP contribution in [-0.4, -0.2) is 32.1 Å². The number of carbonyl (C=O) groups is 1. The van der Waals surface area contributed by atoms with E-state index in [0.29, 0.717) is 10.9 Å². The Balaban J connectivity index is 2.05. The van der Waals surface area contributed by atoms with E-state index in [9.17, 15) is 4.79 Å². The number of rotatable bonds is 6. The van der Waals surface area contributed by atoms with Gasteiger partial charge in [-0.2, -0.15) is 0 Å². The van der Waals surface area contributed by atoms with E-state index < -0.39 is 5.97 Å². The van der Waals surface area contributed by atoms with Gasteiger partial charge in [0, 0.05) is 25.1 Å². The third-order valence-corrected chi connectivity index (χ3v) is 3.62. The van der Waals surface area contributed by atoms with Gasteiger partial charge in [-0.25, -0.2) is 19.7 Å². The molecule has 0 saturated carbocycles. The van der Waals surface area contributed by atoms with Crippen LogP contribution in [0.1, 0.15) is 30.0 Å². The van der Waals surface area contributed by atoms with Crippen molar-refractivity contribution < 1.29 is 9.53 Å². The van der Waals surface area contributed by atoms with Gasteiger partial charge in [-0.05, 0) is 13.8 Å². The summed E-state index contributed by atoms with van der Waals surface area (Å²) in [5.74, 6) is 1.20. The monoisotopic (exact) mass is 307 g/mol. The maximum absolute atomic E-state index is 11.6. The van der Waals surface area contributed by atoms with Crippen LogP contribution in [0.5, 0.6) is 0 Å². The number of nitrogens with two attached hydrogens (primary N) is 1. The van der Waals surface area contributed by atoms with Crippen LogP contribution in [0.25, 0.3) is 0 Å². The fourth-order valence-corrected chi connectivity index (χ4v) is 2.50. The minimum atomic E-state index is -0.506. The highest BCUT2D eigenvalue weighted by Crippen LogP contribution is 2.20. The number of aromatic nitrogens is 4. The third kappa shape index (κ3) is 3.72. The second kappa shape index (κ2) is 7.07. The molecule has 0 aliphatic heterocycles. The van der Waals surface area contributed by atoms with E-state index in [4.69, 9.17) is 10.5 Å². The van der Waals surface area contributed by atoms with Gasteiger partial charge in [-0.3, -0.25) is 0 Å². The summed E-state index contributed by atoms with van der Waals surface area (Å²) in [4.78, 5) is 24.1. The van der Waals surface area contributed by atoms with Crippen molar-refractivity contribution in [3.05, 3.63) is 30.0 Å². The molecule has 0 unspecified atom stereocenters. The number of esters is 1. The van der Waals surface area contributed by atoms with Crippen LogP contribution in [-0.2, 0) is 17.0 Å². The Bertz CT molecular complexity index is 629. The molecule has 2 aromatic rings. The molecular formula is C13H17N5O2S. The first-order chi connectivity index (χ1) is 10.2. The Morgan fingerprint density at radius 2 is 2.24 bits per heavy atom. The summed E-state index contributed by atoms with van der Waals surface area (Å²) in [5.41, 5.74) is 5.96. The molecule has 0 spiro atoms. The van der Waals surface area contributed by atoms with Crippen LogP contribution in [0.3, 0.4) is 0 Å². The summed E-state index contributed by atoms with van der Waals surface area (Å²) in [6.45, 7) is 4.93. The van der Waals surface area contributed by atoms with Crippen molar-refractivity contribution in [3.8, 4) is 0 Å². The molecule has 0 amide bonds. The summed E-state index contributed by atoms with van der Waals surface area (Å²) < 4.78 is 6.92. The normalized spacial score (nSPS) is 10.6. The van der Waals surface area contributed by atoms with E-state index in [1.807, 2.05) is 10.8 Å². The van der Waals surface area contributed by atoms with Gasteiger partial charge in [0.15, 0.2) is 5.16 Å². The zero-order chi connectivity index (χ0) is 15.2. The average molecular weight is 307 g/mol. The maximum atomic E-state index is 11.6. The summed E-state index contributed by atoms with van der Waals surface area (Å²) in [7, 11) is 0. The standard InChI is InChI=1S/C13H17N5O2S/c1-3-18-6-5-15-10(18)8-21-13-16-7-9(11(14)17-13)12(19)20-4-2/h5-7H,3-4,8H2,1-2H3,(H2,14,16,17). The average Bonchev–Trinajstić information content (AvgIpc) is 2.92. The number of imidazole rings is 1. The van der Waals surface area contributed by atoms with Gasteiger partial charge >= 0.3 is 5.97 Å². The molecule has 0 fully saturated rings. The van der Waals surface area contributed by atoms with Gasteiger partial charge in [0.25, 0.3) is 0 Å². The van der Waals surface area contributed by atoms with Gasteiger partial charge in [0.1, 0.15) is 17.2 Å². The van der Waals surface area contributed by atoms with Gasteiger partial charge in [0.05, 0.1) is 12.4 Å².